The van der Waals surface area contributed by atoms with Gasteiger partial charge in [0.25, 0.3) is 0 Å². The molecule has 0 aliphatic heterocycles. The number of halogens is 1. The Morgan fingerprint density at radius 3 is 2.43 bits per heavy atom. The van der Waals surface area contributed by atoms with E-state index in [2.05, 4.69) is 17.9 Å². The van der Waals surface area contributed by atoms with Crippen LogP contribution in [0.25, 0.3) is 0 Å². The number of anilines is 1. The first-order valence-corrected chi connectivity index (χ1v) is 7.04. The highest BCUT2D eigenvalue weighted by atomic mass is 19.1. The average molecular weight is 288 g/mol. The van der Waals surface area contributed by atoms with Gasteiger partial charge in [0.05, 0.1) is 7.11 Å². The van der Waals surface area contributed by atoms with Crippen LogP contribution < -0.4 is 15.4 Å². The van der Waals surface area contributed by atoms with E-state index in [0.29, 0.717) is 6.54 Å². The fourth-order valence-electron chi connectivity index (χ4n) is 2.35. The molecule has 0 saturated heterocycles. The van der Waals surface area contributed by atoms with Crippen LogP contribution in [0.2, 0.25) is 0 Å². The second kappa shape index (κ2) is 7.09. The van der Waals surface area contributed by atoms with Crippen LogP contribution in [0, 0.1) is 5.82 Å². The highest BCUT2D eigenvalue weighted by Crippen LogP contribution is 2.22. The lowest BCUT2D eigenvalue weighted by Gasteiger charge is -2.23. The summed E-state index contributed by atoms with van der Waals surface area (Å²) in [4.78, 5) is 2.18. The summed E-state index contributed by atoms with van der Waals surface area (Å²) in [6.07, 6.45) is 0. The van der Waals surface area contributed by atoms with Gasteiger partial charge in [0.2, 0.25) is 0 Å². The van der Waals surface area contributed by atoms with Crippen molar-refractivity contribution in [2.45, 2.75) is 20.0 Å². The van der Waals surface area contributed by atoms with Crippen LogP contribution in [-0.2, 0) is 13.1 Å². The monoisotopic (exact) mass is 288 g/mol. The van der Waals surface area contributed by atoms with Crippen LogP contribution >= 0.6 is 0 Å². The second-order valence-corrected chi connectivity index (χ2v) is 4.84. The van der Waals surface area contributed by atoms with Gasteiger partial charge in [-0.1, -0.05) is 6.07 Å². The molecule has 0 aromatic heterocycles. The fourth-order valence-corrected chi connectivity index (χ4v) is 2.35. The predicted octanol–water partition coefficient (Wildman–Crippen LogP) is 3.32. The predicted molar refractivity (Wildman–Crippen MR) is 84.0 cm³/mol. The standard InChI is InChI=1S/C17H21FN2O/c1-3-20(16-7-5-15(18)6-8-16)12-13-4-9-17(21-2)14(10-13)11-19/h4-10H,3,11-12,19H2,1-2H3. The van der Waals surface area contributed by atoms with Gasteiger partial charge < -0.3 is 15.4 Å². The van der Waals surface area contributed by atoms with Gasteiger partial charge in [-0.05, 0) is 48.9 Å². The summed E-state index contributed by atoms with van der Waals surface area (Å²) in [5, 5.41) is 0. The van der Waals surface area contributed by atoms with Crippen molar-refractivity contribution < 1.29 is 9.13 Å². The minimum atomic E-state index is -0.218. The first-order valence-electron chi connectivity index (χ1n) is 7.04. The molecule has 3 nitrogen and oxygen atoms in total. The Morgan fingerprint density at radius 2 is 1.86 bits per heavy atom. The minimum absolute atomic E-state index is 0.218. The Hall–Kier alpha value is -2.07. The van der Waals surface area contributed by atoms with Gasteiger partial charge in [0.15, 0.2) is 0 Å². The maximum Gasteiger partial charge on any atom is 0.123 e. The number of benzene rings is 2. The third-order valence-corrected chi connectivity index (χ3v) is 3.51. The zero-order chi connectivity index (χ0) is 15.2. The number of methoxy groups -OCH3 is 1. The summed E-state index contributed by atoms with van der Waals surface area (Å²) in [6, 6.07) is 12.6. The summed E-state index contributed by atoms with van der Waals surface area (Å²) in [7, 11) is 1.64. The van der Waals surface area contributed by atoms with Gasteiger partial charge >= 0.3 is 0 Å². The van der Waals surface area contributed by atoms with Crippen LogP contribution in [0.4, 0.5) is 10.1 Å². The molecule has 2 N–H and O–H groups in total. The molecule has 2 aromatic carbocycles. The van der Waals surface area contributed by atoms with Crippen molar-refractivity contribution in [2.75, 3.05) is 18.6 Å². The van der Waals surface area contributed by atoms with Crippen molar-refractivity contribution in [3.63, 3.8) is 0 Å². The topological polar surface area (TPSA) is 38.5 Å². The van der Waals surface area contributed by atoms with Crippen LogP contribution in [-0.4, -0.2) is 13.7 Å². The largest absolute Gasteiger partial charge is 0.496 e. The van der Waals surface area contributed by atoms with E-state index in [1.165, 1.54) is 12.1 Å². The van der Waals surface area contributed by atoms with E-state index >= 15 is 0 Å². The SMILES string of the molecule is CCN(Cc1ccc(OC)c(CN)c1)c1ccc(F)cc1. The summed E-state index contributed by atoms with van der Waals surface area (Å²) in [5.41, 5.74) is 8.90. The molecule has 21 heavy (non-hydrogen) atoms. The molecule has 0 saturated carbocycles. The van der Waals surface area contributed by atoms with Crippen LogP contribution in [0.5, 0.6) is 5.75 Å². The first-order chi connectivity index (χ1) is 10.2. The highest BCUT2D eigenvalue weighted by Gasteiger charge is 2.08. The Bertz CT molecular complexity index is 584. The molecule has 0 spiro atoms. The molecule has 0 aliphatic carbocycles. The Morgan fingerprint density at radius 1 is 1.14 bits per heavy atom. The number of ether oxygens (including phenoxy) is 1. The van der Waals surface area contributed by atoms with E-state index in [1.54, 1.807) is 19.2 Å². The lowest BCUT2D eigenvalue weighted by molar-refractivity contribution is 0.409. The van der Waals surface area contributed by atoms with Crippen molar-refractivity contribution >= 4 is 5.69 Å². The number of hydrogen-bond donors (Lipinski definition) is 1. The molecule has 0 atom stereocenters. The van der Waals surface area contributed by atoms with E-state index in [0.717, 1.165) is 35.7 Å². The maximum absolute atomic E-state index is 13.0. The third-order valence-electron chi connectivity index (χ3n) is 3.51. The molecule has 0 unspecified atom stereocenters. The van der Waals surface area contributed by atoms with Gasteiger partial charge in [-0.25, -0.2) is 4.39 Å². The van der Waals surface area contributed by atoms with Crippen molar-refractivity contribution in [2.24, 2.45) is 5.73 Å². The number of nitrogens with two attached hydrogens (primary N) is 1. The smallest absolute Gasteiger partial charge is 0.123 e. The van der Waals surface area contributed by atoms with Gasteiger partial charge in [0, 0.05) is 30.9 Å². The van der Waals surface area contributed by atoms with E-state index in [1.807, 2.05) is 12.1 Å². The molecule has 2 rings (SSSR count). The molecule has 2 aromatic rings. The highest BCUT2D eigenvalue weighted by molar-refractivity contribution is 5.47. The van der Waals surface area contributed by atoms with Gasteiger partial charge in [-0.3, -0.25) is 0 Å². The quantitative estimate of drug-likeness (QED) is 0.886. The van der Waals surface area contributed by atoms with Gasteiger partial charge in [0.1, 0.15) is 11.6 Å². The minimum Gasteiger partial charge on any atom is -0.496 e. The van der Waals surface area contributed by atoms with E-state index < -0.39 is 0 Å². The van der Waals surface area contributed by atoms with Crippen molar-refractivity contribution in [1.82, 2.24) is 0 Å². The lowest BCUT2D eigenvalue weighted by Crippen LogP contribution is -2.22. The number of rotatable bonds is 6. The average Bonchev–Trinajstić information content (AvgIpc) is 2.53. The van der Waals surface area contributed by atoms with Crippen molar-refractivity contribution in [3.05, 3.63) is 59.4 Å². The van der Waals surface area contributed by atoms with Gasteiger partial charge in [-0.2, -0.15) is 0 Å². The molecular formula is C17H21FN2O. The van der Waals surface area contributed by atoms with Crippen LogP contribution in [0.1, 0.15) is 18.1 Å². The second-order valence-electron chi connectivity index (χ2n) is 4.84. The fraction of sp³-hybridized carbons (Fsp3) is 0.294. The molecule has 0 aliphatic rings. The van der Waals surface area contributed by atoms with Crippen molar-refractivity contribution in [1.29, 1.82) is 0 Å². The maximum atomic E-state index is 13.0. The Labute approximate surface area is 125 Å². The third kappa shape index (κ3) is 3.73. The normalized spacial score (nSPS) is 10.5. The molecular weight excluding hydrogens is 267 g/mol. The molecule has 4 heteroatoms. The summed E-state index contributed by atoms with van der Waals surface area (Å²) >= 11 is 0. The summed E-state index contributed by atoms with van der Waals surface area (Å²) < 4.78 is 18.3. The summed E-state index contributed by atoms with van der Waals surface area (Å²) in [5.74, 6) is 0.593. The summed E-state index contributed by atoms with van der Waals surface area (Å²) in [6.45, 7) is 4.12. The lowest BCUT2D eigenvalue weighted by atomic mass is 10.1. The molecule has 0 fully saturated rings. The van der Waals surface area contributed by atoms with Gasteiger partial charge in [-0.15, -0.1) is 0 Å². The Balaban J connectivity index is 2.20. The van der Waals surface area contributed by atoms with Crippen LogP contribution in [0.3, 0.4) is 0 Å². The number of nitrogens with zero attached hydrogens (tertiary/aromatic N) is 1. The van der Waals surface area contributed by atoms with E-state index in [-0.39, 0.29) is 5.82 Å². The molecule has 112 valence electrons. The Kier molecular flexibility index (Phi) is 5.17. The van der Waals surface area contributed by atoms with E-state index in [9.17, 15) is 4.39 Å². The first kappa shape index (κ1) is 15.3. The molecule has 0 radical (unpaired) electrons. The van der Waals surface area contributed by atoms with Crippen molar-refractivity contribution in [3.8, 4) is 5.75 Å². The molecule has 0 heterocycles. The zero-order valence-corrected chi connectivity index (χ0v) is 12.5. The molecule has 0 bridgehead atoms. The zero-order valence-electron chi connectivity index (χ0n) is 12.5. The van der Waals surface area contributed by atoms with Crippen LogP contribution in [0.15, 0.2) is 42.5 Å². The van der Waals surface area contributed by atoms with E-state index in [4.69, 9.17) is 10.5 Å². The number of hydrogen-bond acceptors (Lipinski definition) is 3. The molecule has 0 amide bonds.